The minimum absolute atomic E-state index is 0.0739. The monoisotopic (exact) mass is 454 g/mol. The van der Waals surface area contributed by atoms with Crippen molar-refractivity contribution in [2.24, 2.45) is 0 Å². The molecule has 0 radical (unpaired) electrons. The highest BCUT2D eigenvalue weighted by atomic mass is 16.6. The van der Waals surface area contributed by atoms with Crippen LogP contribution in [-0.2, 0) is 25.6 Å². The summed E-state index contributed by atoms with van der Waals surface area (Å²) in [6.45, 7) is 4.02. The molecule has 0 atom stereocenters. The molecule has 10 heteroatoms. The Hall–Kier alpha value is -3.92. The fourth-order valence-electron chi connectivity index (χ4n) is 3.56. The lowest BCUT2D eigenvalue weighted by molar-refractivity contribution is -0.383. The van der Waals surface area contributed by atoms with Gasteiger partial charge in [0.2, 0.25) is 0 Å². The zero-order chi connectivity index (χ0) is 23.8. The van der Waals surface area contributed by atoms with Crippen molar-refractivity contribution in [3.05, 3.63) is 76.0 Å². The molecule has 10 nitrogen and oxygen atoms in total. The molecule has 0 saturated carbocycles. The van der Waals surface area contributed by atoms with E-state index in [1.54, 1.807) is 12.1 Å². The Bertz CT molecular complexity index is 1030. The summed E-state index contributed by atoms with van der Waals surface area (Å²) in [5, 5.41) is 14.2. The molecule has 33 heavy (non-hydrogen) atoms. The van der Waals surface area contributed by atoms with Gasteiger partial charge in [-0.3, -0.25) is 15.0 Å². The normalized spacial score (nSPS) is 14.5. The Morgan fingerprint density at radius 1 is 1.06 bits per heavy atom. The summed E-state index contributed by atoms with van der Waals surface area (Å²) in [5.41, 5.74) is 1.59. The maximum Gasteiger partial charge on any atom is 0.354 e. The summed E-state index contributed by atoms with van der Waals surface area (Å²) in [6, 6.07) is 14.9. The number of esters is 2. The summed E-state index contributed by atoms with van der Waals surface area (Å²) < 4.78 is 9.23. The first-order chi connectivity index (χ1) is 15.9. The van der Waals surface area contributed by atoms with Crippen LogP contribution in [0.1, 0.15) is 5.56 Å². The summed E-state index contributed by atoms with van der Waals surface area (Å²) >= 11 is 0. The highest BCUT2D eigenvalue weighted by Crippen LogP contribution is 2.31. The van der Waals surface area contributed by atoms with E-state index in [4.69, 9.17) is 0 Å². The van der Waals surface area contributed by atoms with Crippen LogP contribution in [0, 0.1) is 10.1 Å². The first kappa shape index (κ1) is 23.7. The van der Waals surface area contributed by atoms with E-state index in [0.29, 0.717) is 0 Å². The van der Waals surface area contributed by atoms with E-state index in [0.717, 1.165) is 58.7 Å². The van der Waals surface area contributed by atoms with Crippen molar-refractivity contribution in [3.63, 3.8) is 0 Å². The van der Waals surface area contributed by atoms with Crippen molar-refractivity contribution in [2.75, 3.05) is 50.6 Å². The topological polar surface area (TPSA) is 114 Å². The van der Waals surface area contributed by atoms with Gasteiger partial charge in [-0.2, -0.15) is 0 Å². The van der Waals surface area contributed by atoms with Crippen LogP contribution in [0.25, 0.3) is 0 Å². The van der Waals surface area contributed by atoms with Crippen LogP contribution in [0.15, 0.2) is 60.3 Å². The van der Waals surface area contributed by atoms with Crippen molar-refractivity contribution in [1.82, 2.24) is 4.90 Å². The number of nitrogens with one attached hydrogen (secondary N) is 1. The third kappa shape index (κ3) is 6.30. The standard InChI is InChI=1S/C23H26N4O6/c1-32-22(28)15-20(23(29)33-2)24-19-14-18(8-9-21(19)27(30)31)26-12-10-25(11-13-26)16-17-6-4-3-5-7-17/h3-9,14-15,24H,10-13,16H2,1-2H3/b20-15+. The van der Waals surface area contributed by atoms with Gasteiger partial charge in [0.1, 0.15) is 11.4 Å². The van der Waals surface area contributed by atoms with Crippen LogP contribution in [0.2, 0.25) is 0 Å². The Kier molecular flexibility index (Phi) is 7.98. The van der Waals surface area contributed by atoms with Gasteiger partial charge < -0.3 is 19.7 Å². The van der Waals surface area contributed by atoms with E-state index in [2.05, 4.69) is 36.7 Å². The summed E-state index contributed by atoms with van der Waals surface area (Å²) in [4.78, 5) is 39.2. The van der Waals surface area contributed by atoms with E-state index < -0.39 is 16.9 Å². The Morgan fingerprint density at radius 2 is 1.76 bits per heavy atom. The number of hydrogen-bond donors (Lipinski definition) is 1. The lowest BCUT2D eigenvalue weighted by Crippen LogP contribution is -2.46. The van der Waals surface area contributed by atoms with Crippen LogP contribution < -0.4 is 10.2 Å². The van der Waals surface area contributed by atoms with Gasteiger partial charge in [-0.25, -0.2) is 9.59 Å². The van der Waals surface area contributed by atoms with Crippen molar-refractivity contribution in [2.45, 2.75) is 6.54 Å². The maximum absolute atomic E-state index is 12.1. The van der Waals surface area contributed by atoms with Crippen LogP contribution in [-0.4, -0.2) is 62.2 Å². The van der Waals surface area contributed by atoms with Gasteiger partial charge in [0, 0.05) is 44.5 Å². The van der Waals surface area contributed by atoms with Crippen LogP contribution in [0.3, 0.4) is 0 Å². The van der Waals surface area contributed by atoms with Crippen LogP contribution in [0.5, 0.6) is 0 Å². The van der Waals surface area contributed by atoms with Crippen LogP contribution >= 0.6 is 0 Å². The highest BCUT2D eigenvalue weighted by Gasteiger charge is 2.23. The number of rotatable bonds is 8. The van der Waals surface area contributed by atoms with Gasteiger partial charge in [0.05, 0.1) is 25.2 Å². The molecule has 2 aromatic rings. The fourth-order valence-corrected chi connectivity index (χ4v) is 3.56. The third-order valence-electron chi connectivity index (χ3n) is 5.30. The number of benzene rings is 2. The summed E-state index contributed by atoms with van der Waals surface area (Å²) in [7, 11) is 2.31. The molecule has 1 aliphatic rings. The molecule has 2 aromatic carbocycles. The highest BCUT2D eigenvalue weighted by molar-refractivity contribution is 5.99. The first-order valence-electron chi connectivity index (χ1n) is 10.4. The molecule has 1 N–H and O–H groups in total. The van der Waals surface area contributed by atoms with Gasteiger partial charge in [-0.05, 0) is 17.7 Å². The van der Waals surface area contributed by atoms with Gasteiger partial charge in [-0.15, -0.1) is 0 Å². The molecule has 0 spiro atoms. The number of carbonyl (C=O) groups is 2. The van der Waals surface area contributed by atoms with E-state index in [1.165, 1.54) is 11.6 Å². The molecule has 1 heterocycles. The molecule has 1 saturated heterocycles. The number of anilines is 2. The Balaban J connectivity index is 1.77. The number of piperazine rings is 1. The third-order valence-corrected chi connectivity index (χ3v) is 5.30. The van der Waals surface area contributed by atoms with Crippen molar-refractivity contribution in [1.29, 1.82) is 0 Å². The molecule has 3 rings (SSSR count). The molecule has 0 aromatic heterocycles. The molecule has 1 aliphatic heterocycles. The van der Waals surface area contributed by atoms with Gasteiger partial charge in [0.25, 0.3) is 5.69 Å². The SMILES string of the molecule is COC(=O)/C=C(/Nc1cc(N2CCN(Cc3ccccc3)CC2)ccc1[N+](=O)[O-])C(=O)OC. The predicted octanol–water partition coefficient (Wildman–Crippen LogP) is 2.56. The maximum atomic E-state index is 12.1. The van der Waals surface area contributed by atoms with Crippen molar-refractivity contribution in [3.8, 4) is 0 Å². The zero-order valence-corrected chi connectivity index (χ0v) is 18.5. The van der Waals surface area contributed by atoms with Gasteiger partial charge in [-0.1, -0.05) is 30.3 Å². The second-order valence-corrected chi connectivity index (χ2v) is 7.41. The quantitative estimate of drug-likeness (QED) is 0.278. The molecule has 174 valence electrons. The number of methoxy groups -OCH3 is 2. The first-order valence-corrected chi connectivity index (χ1v) is 10.4. The van der Waals surface area contributed by atoms with E-state index in [9.17, 15) is 19.7 Å². The lowest BCUT2D eigenvalue weighted by atomic mass is 10.1. The molecule has 0 aliphatic carbocycles. The second kappa shape index (κ2) is 11.1. The van der Waals surface area contributed by atoms with E-state index in [-0.39, 0.29) is 17.1 Å². The minimum atomic E-state index is -0.852. The van der Waals surface area contributed by atoms with Crippen LogP contribution in [0.4, 0.5) is 17.1 Å². The van der Waals surface area contributed by atoms with Gasteiger partial charge >= 0.3 is 11.9 Å². The fraction of sp³-hybridized carbons (Fsp3) is 0.304. The predicted molar refractivity (Wildman–Crippen MR) is 123 cm³/mol. The second-order valence-electron chi connectivity index (χ2n) is 7.41. The summed E-state index contributed by atoms with van der Waals surface area (Å²) in [6.07, 6.45) is 0.893. The smallest absolute Gasteiger partial charge is 0.354 e. The molecule has 0 bridgehead atoms. The molecule has 0 unspecified atom stereocenters. The number of ether oxygens (including phenoxy) is 2. The Labute approximate surface area is 191 Å². The average Bonchev–Trinajstić information content (AvgIpc) is 2.84. The Morgan fingerprint density at radius 3 is 2.36 bits per heavy atom. The average molecular weight is 454 g/mol. The van der Waals surface area contributed by atoms with E-state index in [1.807, 2.05) is 18.2 Å². The van der Waals surface area contributed by atoms with Gasteiger partial charge in [0.15, 0.2) is 0 Å². The van der Waals surface area contributed by atoms with E-state index >= 15 is 0 Å². The number of carbonyl (C=O) groups excluding carboxylic acids is 2. The summed E-state index contributed by atoms with van der Waals surface area (Å²) in [5.74, 6) is -1.65. The number of nitro groups is 1. The molecular weight excluding hydrogens is 428 g/mol. The zero-order valence-electron chi connectivity index (χ0n) is 18.5. The number of hydrogen-bond acceptors (Lipinski definition) is 9. The minimum Gasteiger partial charge on any atom is -0.466 e. The molecule has 0 amide bonds. The number of nitro benzene ring substituents is 1. The largest absolute Gasteiger partial charge is 0.466 e. The molecular formula is C23H26N4O6. The van der Waals surface area contributed by atoms with Crippen molar-refractivity contribution < 1.29 is 24.0 Å². The molecule has 1 fully saturated rings. The lowest BCUT2D eigenvalue weighted by Gasteiger charge is -2.36. The van der Waals surface area contributed by atoms with Crippen molar-refractivity contribution >= 4 is 29.0 Å². The number of nitrogens with zero attached hydrogens (tertiary/aromatic N) is 3.